The van der Waals surface area contributed by atoms with Crippen LogP contribution in [0.5, 0.6) is 0 Å². The molecule has 0 radical (unpaired) electrons. The molecule has 1 aliphatic heterocycles. The largest absolute Gasteiger partial charge is 0.312 e. The van der Waals surface area contributed by atoms with E-state index in [1.54, 1.807) is 0 Å². The van der Waals surface area contributed by atoms with E-state index in [4.69, 9.17) is 0 Å². The summed E-state index contributed by atoms with van der Waals surface area (Å²) in [6.07, 6.45) is 8.59. The lowest BCUT2D eigenvalue weighted by Gasteiger charge is -2.28. The van der Waals surface area contributed by atoms with E-state index in [1.165, 1.54) is 28.0 Å². The Kier molecular flexibility index (Phi) is 5.07. The van der Waals surface area contributed by atoms with Crippen LogP contribution in [-0.2, 0) is 0 Å². The van der Waals surface area contributed by atoms with Gasteiger partial charge in [-0.15, -0.1) is 0 Å². The number of rotatable bonds is 3. The molecular weight excluding hydrogens is 246 g/mol. The Morgan fingerprint density at radius 1 is 1.35 bits per heavy atom. The number of hydrogen-bond acceptors (Lipinski definition) is 3. The molecule has 0 aromatic carbocycles. The van der Waals surface area contributed by atoms with Crippen molar-refractivity contribution in [3.8, 4) is 0 Å². The van der Waals surface area contributed by atoms with E-state index in [-0.39, 0.29) is 0 Å². The number of hydrogen-bond donors (Lipinski definition) is 1. The van der Waals surface area contributed by atoms with Crippen molar-refractivity contribution in [1.82, 2.24) is 5.32 Å². The molecule has 1 N–H and O–H groups in total. The fourth-order valence-corrected chi connectivity index (χ4v) is 3.07. The van der Waals surface area contributed by atoms with Gasteiger partial charge in [0.25, 0.3) is 0 Å². The predicted molar refractivity (Wildman–Crippen MR) is 87.9 cm³/mol. The van der Waals surface area contributed by atoms with Gasteiger partial charge >= 0.3 is 0 Å². The molecule has 0 saturated heterocycles. The van der Waals surface area contributed by atoms with Gasteiger partial charge in [-0.3, -0.25) is 9.98 Å². The molecule has 2 aliphatic rings. The minimum Gasteiger partial charge on any atom is -0.312 e. The number of aliphatic imine (C=N–C) groups is 2. The zero-order chi connectivity index (χ0) is 14.5. The molecule has 0 bridgehead atoms. The third kappa shape index (κ3) is 2.98. The summed E-state index contributed by atoms with van der Waals surface area (Å²) < 4.78 is 0. The molecule has 0 spiro atoms. The van der Waals surface area contributed by atoms with E-state index in [0.29, 0.717) is 5.92 Å². The predicted octanol–water partition coefficient (Wildman–Crippen LogP) is 2.96. The second kappa shape index (κ2) is 6.80. The molecule has 108 valence electrons. The third-order valence-electron chi connectivity index (χ3n) is 4.21. The van der Waals surface area contributed by atoms with Gasteiger partial charge in [0.05, 0.1) is 0 Å². The van der Waals surface area contributed by atoms with Crippen molar-refractivity contribution in [2.45, 2.75) is 26.7 Å². The smallest absolute Gasteiger partial charge is 0.0467 e. The number of allylic oxidation sites excluding steroid dienone is 4. The highest BCUT2D eigenvalue weighted by Gasteiger charge is 2.26. The Bertz CT molecular complexity index is 518. The van der Waals surface area contributed by atoms with Crippen LogP contribution in [0, 0.1) is 5.92 Å². The molecule has 0 aromatic rings. The molecule has 1 atom stereocenters. The summed E-state index contributed by atoms with van der Waals surface area (Å²) in [7, 11) is 3.75. The molecular formula is C17H25N3. The first-order valence-corrected chi connectivity index (χ1v) is 7.34. The first-order valence-electron chi connectivity index (χ1n) is 7.34. The second-order valence-electron chi connectivity index (χ2n) is 5.51. The van der Waals surface area contributed by atoms with Crippen molar-refractivity contribution in [2.75, 3.05) is 27.2 Å². The second-order valence-corrected chi connectivity index (χ2v) is 5.51. The monoisotopic (exact) mass is 271 g/mol. The molecule has 1 unspecified atom stereocenters. The lowest BCUT2D eigenvalue weighted by atomic mass is 9.80. The van der Waals surface area contributed by atoms with Crippen molar-refractivity contribution in [3.63, 3.8) is 0 Å². The van der Waals surface area contributed by atoms with Crippen molar-refractivity contribution in [3.05, 3.63) is 34.4 Å². The number of nitrogens with one attached hydrogen (secondary N) is 1. The highest BCUT2D eigenvalue weighted by Crippen LogP contribution is 2.29. The average molecular weight is 271 g/mol. The minimum absolute atomic E-state index is 0.346. The maximum Gasteiger partial charge on any atom is 0.0467 e. The Hall–Kier alpha value is -1.48. The zero-order valence-corrected chi connectivity index (χ0v) is 13.0. The van der Waals surface area contributed by atoms with Gasteiger partial charge in [-0.05, 0) is 50.0 Å². The van der Waals surface area contributed by atoms with Gasteiger partial charge in [-0.1, -0.05) is 17.7 Å². The molecule has 0 amide bonds. The van der Waals surface area contributed by atoms with Crippen LogP contribution < -0.4 is 5.32 Å². The molecule has 1 aliphatic carbocycles. The zero-order valence-electron chi connectivity index (χ0n) is 13.0. The normalized spacial score (nSPS) is 25.0. The summed E-state index contributed by atoms with van der Waals surface area (Å²) in [5.41, 5.74) is 6.71. The van der Waals surface area contributed by atoms with Crippen molar-refractivity contribution in [1.29, 1.82) is 0 Å². The summed E-state index contributed by atoms with van der Waals surface area (Å²) in [5.74, 6) is 0.346. The summed E-state index contributed by atoms with van der Waals surface area (Å²) in [4.78, 5) is 8.88. The average Bonchev–Trinajstić information content (AvgIpc) is 2.45. The van der Waals surface area contributed by atoms with Gasteiger partial charge in [0, 0.05) is 38.5 Å². The molecule has 2 rings (SSSR count). The summed E-state index contributed by atoms with van der Waals surface area (Å²) >= 11 is 0. The van der Waals surface area contributed by atoms with Gasteiger partial charge in [-0.25, -0.2) is 0 Å². The fraction of sp³-hybridized carbons (Fsp3) is 0.529. The van der Waals surface area contributed by atoms with Gasteiger partial charge in [0.1, 0.15) is 0 Å². The first kappa shape index (κ1) is 14.9. The molecule has 0 saturated carbocycles. The lowest BCUT2D eigenvalue weighted by molar-refractivity contribution is 0.683. The van der Waals surface area contributed by atoms with Crippen LogP contribution in [0.25, 0.3) is 0 Å². The molecule has 20 heavy (non-hydrogen) atoms. The number of nitrogens with zero attached hydrogens (tertiary/aromatic N) is 2. The Morgan fingerprint density at radius 2 is 2.15 bits per heavy atom. The molecule has 3 nitrogen and oxygen atoms in total. The minimum atomic E-state index is 0.346. The molecule has 1 heterocycles. The van der Waals surface area contributed by atoms with Crippen molar-refractivity contribution >= 4 is 11.9 Å². The molecule has 0 fully saturated rings. The van der Waals surface area contributed by atoms with Gasteiger partial charge in [0.15, 0.2) is 0 Å². The SMILES string of the molecule is C/N=C\C1=C(C)C=CCC1/C(=N/C)C1=C(C)CCNC1. The Balaban J connectivity index is 2.40. The van der Waals surface area contributed by atoms with Gasteiger partial charge < -0.3 is 5.32 Å². The van der Waals surface area contributed by atoms with Gasteiger partial charge in [0.2, 0.25) is 0 Å². The van der Waals surface area contributed by atoms with E-state index in [9.17, 15) is 0 Å². The standard InChI is InChI=1S/C17H25N3/c1-12-6-5-7-14(15(12)10-18-3)17(19-4)16-11-20-9-8-13(16)2/h5-6,10,14,20H,7-9,11H2,1-4H3/b18-10-,19-17-. The summed E-state index contributed by atoms with van der Waals surface area (Å²) in [6.45, 7) is 6.42. The van der Waals surface area contributed by atoms with E-state index in [2.05, 4.69) is 41.3 Å². The topological polar surface area (TPSA) is 36.8 Å². The van der Waals surface area contributed by atoms with Crippen molar-refractivity contribution < 1.29 is 0 Å². The van der Waals surface area contributed by atoms with E-state index >= 15 is 0 Å². The molecule has 3 heteroatoms. The maximum atomic E-state index is 4.64. The highest BCUT2D eigenvalue weighted by atomic mass is 14.9. The van der Waals surface area contributed by atoms with Crippen LogP contribution in [0.1, 0.15) is 26.7 Å². The van der Waals surface area contributed by atoms with Crippen molar-refractivity contribution in [2.24, 2.45) is 15.9 Å². The quantitative estimate of drug-likeness (QED) is 0.787. The van der Waals surface area contributed by atoms with E-state index < -0.39 is 0 Å². The highest BCUT2D eigenvalue weighted by molar-refractivity contribution is 6.08. The van der Waals surface area contributed by atoms with Crippen LogP contribution in [0.2, 0.25) is 0 Å². The van der Waals surface area contributed by atoms with E-state index in [0.717, 1.165) is 25.9 Å². The van der Waals surface area contributed by atoms with Crippen LogP contribution in [-0.4, -0.2) is 39.1 Å². The first-order chi connectivity index (χ1) is 9.69. The van der Waals surface area contributed by atoms with Crippen LogP contribution >= 0.6 is 0 Å². The summed E-state index contributed by atoms with van der Waals surface area (Å²) in [6, 6.07) is 0. The molecule has 0 aromatic heterocycles. The van der Waals surface area contributed by atoms with Crippen LogP contribution in [0.15, 0.2) is 44.4 Å². The lowest BCUT2D eigenvalue weighted by Crippen LogP contribution is -2.32. The Labute approximate surface area is 122 Å². The fourth-order valence-electron chi connectivity index (χ4n) is 3.07. The van der Waals surface area contributed by atoms with E-state index in [1.807, 2.05) is 20.3 Å². The Morgan fingerprint density at radius 3 is 2.80 bits per heavy atom. The van der Waals surface area contributed by atoms with Crippen LogP contribution in [0.3, 0.4) is 0 Å². The van der Waals surface area contributed by atoms with Gasteiger partial charge in [-0.2, -0.15) is 0 Å². The van der Waals surface area contributed by atoms with Crippen LogP contribution in [0.4, 0.5) is 0 Å². The third-order valence-corrected chi connectivity index (χ3v) is 4.21. The summed E-state index contributed by atoms with van der Waals surface area (Å²) in [5, 5.41) is 3.47. The maximum absolute atomic E-state index is 4.64.